The molecule has 31 heavy (non-hydrogen) atoms. The number of amides is 2. The molecule has 0 aliphatic heterocycles. The van der Waals surface area contributed by atoms with E-state index in [0.29, 0.717) is 28.0 Å². The number of anilines is 1. The molecule has 1 aromatic carbocycles. The number of aryl methyl sites for hydroxylation is 2. The topological polar surface area (TPSA) is 88.9 Å². The van der Waals surface area contributed by atoms with Gasteiger partial charge in [-0.05, 0) is 36.6 Å². The van der Waals surface area contributed by atoms with Gasteiger partial charge in [0.2, 0.25) is 5.91 Å². The summed E-state index contributed by atoms with van der Waals surface area (Å²) in [4.78, 5) is 30.6. The predicted octanol–water partition coefficient (Wildman–Crippen LogP) is 3.65. The second-order valence-corrected chi connectivity index (χ2v) is 7.75. The van der Waals surface area contributed by atoms with Crippen molar-refractivity contribution in [3.63, 3.8) is 0 Å². The van der Waals surface area contributed by atoms with Gasteiger partial charge < -0.3 is 10.6 Å². The zero-order valence-electron chi connectivity index (χ0n) is 16.6. The number of carbonyl (C=O) groups excluding carboxylic acids is 2. The van der Waals surface area contributed by atoms with Gasteiger partial charge in [-0.25, -0.2) is 13.8 Å². The first-order chi connectivity index (χ1) is 14.8. The maximum absolute atomic E-state index is 13.3. The molecule has 3 aromatic heterocycles. The minimum atomic E-state index is -1.07. The zero-order valence-corrected chi connectivity index (χ0v) is 17.4. The van der Waals surface area contributed by atoms with Crippen LogP contribution in [-0.2, 0) is 11.8 Å². The highest BCUT2D eigenvalue weighted by molar-refractivity contribution is 7.13. The number of benzene rings is 1. The third-order valence-corrected chi connectivity index (χ3v) is 5.49. The molecular formula is C21H17F2N5O2S. The van der Waals surface area contributed by atoms with E-state index in [2.05, 4.69) is 20.7 Å². The van der Waals surface area contributed by atoms with Crippen LogP contribution in [0.1, 0.15) is 16.1 Å². The number of carbonyl (C=O) groups is 2. The van der Waals surface area contributed by atoms with Crippen molar-refractivity contribution in [2.45, 2.75) is 6.92 Å². The van der Waals surface area contributed by atoms with Crippen LogP contribution in [0.4, 0.5) is 14.5 Å². The first-order valence-corrected chi connectivity index (χ1v) is 10.1. The summed E-state index contributed by atoms with van der Waals surface area (Å²) in [6.45, 7) is 1.43. The van der Waals surface area contributed by atoms with Crippen molar-refractivity contribution < 1.29 is 18.4 Å². The van der Waals surface area contributed by atoms with E-state index in [1.807, 2.05) is 17.5 Å². The van der Waals surface area contributed by atoms with Gasteiger partial charge in [-0.1, -0.05) is 6.07 Å². The predicted molar refractivity (Wildman–Crippen MR) is 114 cm³/mol. The molecule has 7 nitrogen and oxygen atoms in total. The first-order valence-electron chi connectivity index (χ1n) is 9.25. The van der Waals surface area contributed by atoms with Crippen LogP contribution in [-0.4, -0.2) is 33.1 Å². The fourth-order valence-corrected chi connectivity index (χ4v) is 3.90. The molecule has 0 unspecified atom stereocenters. The van der Waals surface area contributed by atoms with Crippen LogP contribution in [0.2, 0.25) is 0 Å². The van der Waals surface area contributed by atoms with Gasteiger partial charge in [0, 0.05) is 18.8 Å². The Labute approximate surface area is 179 Å². The van der Waals surface area contributed by atoms with Crippen LogP contribution in [0.25, 0.3) is 21.6 Å². The number of hydrogen-bond donors (Lipinski definition) is 2. The largest absolute Gasteiger partial charge is 0.343 e. The minimum absolute atomic E-state index is 0.0903. The van der Waals surface area contributed by atoms with E-state index in [-0.39, 0.29) is 12.2 Å². The molecule has 2 amide bonds. The lowest BCUT2D eigenvalue weighted by Gasteiger charge is -2.09. The lowest BCUT2D eigenvalue weighted by Crippen LogP contribution is -2.33. The Morgan fingerprint density at radius 3 is 2.68 bits per heavy atom. The fraction of sp³-hybridized carbons (Fsp3) is 0.143. The van der Waals surface area contributed by atoms with Gasteiger partial charge in [0.1, 0.15) is 0 Å². The minimum Gasteiger partial charge on any atom is -0.343 e. The van der Waals surface area contributed by atoms with E-state index < -0.39 is 23.4 Å². The summed E-state index contributed by atoms with van der Waals surface area (Å²) in [5.41, 5.74) is 2.26. The molecule has 158 valence electrons. The van der Waals surface area contributed by atoms with Crippen molar-refractivity contribution in [3.8, 4) is 10.6 Å². The Kier molecular flexibility index (Phi) is 5.47. The normalized spacial score (nSPS) is 11.0. The number of nitrogens with one attached hydrogen (secondary N) is 2. The van der Waals surface area contributed by atoms with E-state index in [1.54, 1.807) is 24.7 Å². The summed E-state index contributed by atoms with van der Waals surface area (Å²) in [5, 5.41) is 11.8. The third kappa shape index (κ3) is 4.15. The average molecular weight is 441 g/mol. The van der Waals surface area contributed by atoms with Crippen LogP contribution >= 0.6 is 11.3 Å². The molecule has 4 aromatic rings. The van der Waals surface area contributed by atoms with Crippen molar-refractivity contribution in [3.05, 3.63) is 64.7 Å². The molecule has 0 fully saturated rings. The molecule has 0 spiro atoms. The van der Waals surface area contributed by atoms with Crippen molar-refractivity contribution in [2.75, 3.05) is 11.9 Å². The van der Waals surface area contributed by atoms with E-state index in [4.69, 9.17) is 0 Å². The van der Waals surface area contributed by atoms with Crippen LogP contribution in [0.15, 0.2) is 41.8 Å². The summed E-state index contributed by atoms with van der Waals surface area (Å²) in [6, 6.07) is 8.48. The van der Waals surface area contributed by atoms with Gasteiger partial charge in [-0.3, -0.25) is 14.3 Å². The molecule has 0 saturated carbocycles. The summed E-state index contributed by atoms with van der Waals surface area (Å²) in [7, 11) is 1.75. The molecule has 4 rings (SSSR count). The maximum Gasteiger partial charge on any atom is 0.252 e. The van der Waals surface area contributed by atoms with Gasteiger partial charge in [-0.15, -0.1) is 11.3 Å². The smallest absolute Gasteiger partial charge is 0.252 e. The lowest BCUT2D eigenvalue weighted by molar-refractivity contribution is -0.115. The van der Waals surface area contributed by atoms with Gasteiger partial charge >= 0.3 is 0 Å². The molecule has 0 atom stereocenters. The Bertz CT molecular complexity index is 1300. The number of rotatable bonds is 5. The Morgan fingerprint density at radius 1 is 1.16 bits per heavy atom. The van der Waals surface area contributed by atoms with Crippen molar-refractivity contribution in [1.82, 2.24) is 20.1 Å². The molecule has 10 heteroatoms. The second kappa shape index (κ2) is 8.23. The number of fused-ring (bicyclic) bond motifs is 1. The van der Waals surface area contributed by atoms with Crippen LogP contribution in [0.5, 0.6) is 0 Å². The summed E-state index contributed by atoms with van der Waals surface area (Å²) < 4.78 is 27.9. The number of thiophene rings is 1. The summed E-state index contributed by atoms with van der Waals surface area (Å²) in [5.74, 6) is -3.14. The van der Waals surface area contributed by atoms with Gasteiger partial charge in [0.25, 0.3) is 5.91 Å². The Morgan fingerprint density at radius 2 is 1.97 bits per heavy atom. The number of nitrogens with zero attached hydrogens (tertiary/aromatic N) is 3. The number of halogens is 2. The Balaban J connectivity index is 1.57. The van der Waals surface area contributed by atoms with E-state index in [1.165, 1.54) is 17.4 Å². The van der Waals surface area contributed by atoms with Gasteiger partial charge in [0.15, 0.2) is 17.3 Å². The summed E-state index contributed by atoms with van der Waals surface area (Å²) in [6.07, 6.45) is 0. The number of pyridine rings is 1. The highest BCUT2D eigenvalue weighted by atomic mass is 32.1. The fourth-order valence-electron chi connectivity index (χ4n) is 3.21. The van der Waals surface area contributed by atoms with Crippen LogP contribution < -0.4 is 10.6 Å². The van der Waals surface area contributed by atoms with Crippen molar-refractivity contribution in [1.29, 1.82) is 0 Å². The first kappa shape index (κ1) is 20.6. The van der Waals surface area contributed by atoms with Gasteiger partial charge in [-0.2, -0.15) is 5.10 Å². The molecule has 0 bridgehead atoms. The molecule has 0 radical (unpaired) electrons. The quantitative estimate of drug-likeness (QED) is 0.495. The SMILES string of the molecule is Cc1nn(C)c2nc(-c3cccs3)cc(C(=O)NCC(=O)Nc3ccc(F)c(F)c3)c12. The monoisotopic (exact) mass is 441 g/mol. The Hall–Kier alpha value is -3.66. The molecule has 0 saturated heterocycles. The van der Waals surface area contributed by atoms with E-state index in [9.17, 15) is 18.4 Å². The zero-order chi connectivity index (χ0) is 22.1. The third-order valence-electron chi connectivity index (χ3n) is 4.60. The highest BCUT2D eigenvalue weighted by Gasteiger charge is 2.20. The molecule has 3 heterocycles. The van der Waals surface area contributed by atoms with Crippen LogP contribution in [0, 0.1) is 18.6 Å². The average Bonchev–Trinajstić information content (AvgIpc) is 3.37. The lowest BCUT2D eigenvalue weighted by atomic mass is 10.1. The molecule has 2 N–H and O–H groups in total. The standard InChI is InChI=1S/C21H17F2N5O2S/c1-11-19-13(9-16(17-4-3-7-31-17)26-20(19)28(2)27-11)21(30)24-10-18(29)25-12-5-6-14(22)15(23)8-12/h3-9H,10H2,1-2H3,(H,24,30)(H,25,29). The summed E-state index contributed by atoms with van der Waals surface area (Å²) >= 11 is 1.49. The van der Waals surface area contributed by atoms with Crippen LogP contribution in [0.3, 0.4) is 0 Å². The van der Waals surface area contributed by atoms with Crippen molar-refractivity contribution in [2.24, 2.45) is 7.05 Å². The maximum atomic E-state index is 13.3. The second-order valence-electron chi connectivity index (χ2n) is 6.80. The van der Waals surface area contributed by atoms with E-state index >= 15 is 0 Å². The highest BCUT2D eigenvalue weighted by Crippen LogP contribution is 2.29. The van der Waals surface area contributed by atoms with E-state index in [0.717, 1.165) is 17.0 Å². The number of aromatic nitrogens is 3. The molecular weight excluding hydrogens is 424 g/mol. The molecule has 0 aliphatic carbocycles. The van der Waals surface area contributed by atoms with Crippen molar-refractivity contribution >= 4 is 39.9 Å². The number of hydrogen-bond acceptors (Lipinski definition) is 5. The molecule has 0 aliphatic rings. The van der Waals surface area contributed by atoms with Gasteiger partial charge in [0.05, 0.1) is 33.8 Å².